The summed E-state index contributed by atoms with van der Waals surface area (Å²) in [6, 6.07) is 5.28. The quantitative estimate of drug-likeness (QED) is 0.849. The van der Waals surface area contributed by atoms with Crippen LogP contribution in [-0.4, -0.2) is 24.8 Å². The molecule has 0 aromatic heterocycles. The lowest BCUT2D eigenvalue weighted by Crippen LogP contribution is -2.24. The molecule has 21 heavy (non-hydrogen) atoms. The van der Waals surface area contributed by atoms with E-state index in [0.29, 0.717) is 41.9 Å². The molecule has 1 aliphatic heterocycles. The van der Waals surface area contributed by atoms with E-state index in [1.807, 2.05) is 6.07 Å². The first-order chi connectivity index (χ1) is 10.3. The number of Topliss-reactive ketones (excluding diaryl/α,β-unsaturated/α-hetero) is 1. The summed E-state index contributed by atoms with van der Waals surface area (Å²) in [5.41, 5.74) is 1.15. The number of nitrogens with one attached hydrogen (secondary N) is 1. The van der Waals surface area contributed by atoms with Crippen LogP contribution >= 0.6 is 0 Å². The SMILES string of the molecule is O=C1NCCOc2ccc(C(=O)C3C4CCCCC43)cc21. The van der Waals surface area contributed by atoms with Crippen LogP contribution in [0.15, 0.2) is 18.2 Å². The Bertz CT molecular complexity index is 598. The Kier molecular flexibility index (Phi) is 2.98. The van der Waals surface area contributed by atoms with Crippen LogP contribution in [0.5, 0.6) is 5.75 Å². The fourth-order valence-corrected chi connectivity index (χ4v) is 3.98. The van der Waals surface area contributed by atoms with Gasteiger partial charge in [-0.2, -0.15) is 0 Å². The van der Waals surface area contributed by atoms with Crippen molar-refractivity contribution in [1.29, 1.82) is 0 Å². The molecule has 110 valence electrons. The van der Waals surface area contributed by atoms with Gasteiger partial charge >= 0.3 is 0 Å². The maximum atomic E-state index is 12.7. The summed E-state index contributed by atoms with van der Waals surface area (Å²) in [6.07, 6.45) is 4.89. The molecule has 2 aliphatic carbocycles. The molecule has 2 saturated carbocycles. The van der Waals surface area contributed by atoms with Gasteiger partial charge in [0.15, 0.2) is 5.78 Å². The van der Waals surface area contributed by atoms with Crippen molar-refractivity contribution in [2.24, 2.45) is 17.8 Å². The Morgan fingerprint density at radius 1 is 1.19 bits per heavy atom. The van der Waals surface area contributed by atoms with Gasteiger partial charge in [0.2, 0.25) is 0 Å². The second-order valence-electron chi connectivity index (χ2n) is 6.32. The number of fused-ring (bicyclic) bond motifs is 2. The molecule has 2 unspecified atom stereocenters. The van der Waals surface area contributed by atoms with Crippen LogP contribution in [0, 0.1) is 17.8 Å². The molecule has 1 N–H and O–H groups in total. The second kappa shape index (κ2) is 4.86. The molecule has 1 heterocycles. The second-order valence-corrected chi connectivity index (χ2v) is 6.32. The predicted molar refractivity (Wildman–Crippen MR) is 77.5 cm³/mol. The van der Waals surface area contributed by atoms with Crippen molar-refractivity contribution in [2.45, 2.75) is 25.7 Å². The van der Waals surface area contributed by atoms with Crippen molar-refractivity contribution in [3.63, 3.8) is 0 Å². The fourth-order valence-electron chi connectivity index (χ4n) is 3.98. The Balaban J connectivity index is 1.61. The Labute approximate surface area is 123 Å². The third kappa shape index (κ3) is 2.13. The fraction of sp³-hybridized carbons (Fsp3) is 0.529. The van der Waals surface area contributed by atoms with E-state index in [2.05, 4.69) is 5.32 Å². The van der Waals surface area contributed by atoms with Crippen LogP contribution in [0.3, 0.4) is 0 Å². The van der Waals surface area contributed by atoms with E-state index >= 15 is 0 Å². The molecule has 0 spiro atoms. The molecule has 0 radical (unpaired) electrons. The van der Waals surface area contributed by atoms with E-state index < -0.39 is 0 Å². The number of carbonyl (C=O) groups excluding carboxylic acids is 2. The van der Waals surface area contributed by atoms with Crippen molar-refractivity contribution >= 4 is 11.7 Å². The van der Waals surface area contributed by atoms with E-state index in [9.17, 15) is 9.59 Å². The zero-order valence-corrected chi connectivity index (χ0v) is 11.9. The Morgan fingerprint density at radius 2 is 1.95 bits per heavy atom. The van der Waals surface area contributed by atoms with Gasteiger partial charge in [-0.1, -0.05) is 12.8 Å². The predicted octanol–water partition coefficient (Wildman–Crippen LogP) is 2.43. The largest absolute Gasteiger partial charge is 0.491 e. The lowest BCUT2D eigenvalue weighted by Gasteiger charge is -2.07. The van der Waals surface area contributed by atoms with Crippen LogP contribution in [0.2, 0.25) is 0 Å². The normalized spacial score (nSPS) is 30.3. The van der Waals surface area contributed by atoms with Crippen LogP contribution < -0.4 is 10.1 Å². The molecule has 4 rings (SSSR count). The summed E-state index contributed by atoms with van der Waals surface area (Å²) in [4.78, 5) is 24.7. The van der Waals surface area contributed by atoms with Gasteiger partial charge in [0.25, 0.3) is 5.91 Å². The van der Waals surface area contributed by atoms with Crippen molar-refractivity contribution in [1.82, 2.24) is 5.32 Å². The van der Waals surface area contributed by atoms with Gasteiger partial charge in [-0.15, -0.1) is 0 Å². The standard InChI is InChI=1S/C17H19NO3/c19-16(15-11-3-1-2-4-12(11)15)10-5-6-14-13(9-10)17(20)18-7-8-21-14/h5-6,9,11-12,15H,1-4,7-8H2,(H,18,20). The number of hydrogen-bond donors (Lipinski definition) is 1. The minimum Gasteiger partial charge on any atom is -0.491 e. The zero-order valence-electron chi connectivity index (χ0n) is 11.9. The Morgan fingerprint density at radius 3 is 2.71 bits per heavy atom. The van der Waals surface area contributed by atoms with Gasteiger partial charge in [0, 0.05) is 11.5 Å². The van der Waals surface area contributed by atoms with E-state index in [0.717, 1.165) is 0 Å². The lowest BCUT2D eigenvalue weighted by molar-refractivity contribution is 0.0955. The first-order valence-corrected chi connectivity index (χ1v) is 7.85. The average molecular weight is 285 g/mol. The summed E-state index contributed by atoms with van der Waals surface area (Å²) >= 11 is 0. The van der Waals surface area contributed by atoms with Gasteiger partial charge < -0.3 is 10.1 Å². The van der Waals surface area contributed by atoms with Crippen molar-refractivity contribution in [3.8, 4) is 5.75 Å². The minimum absolute atomic E-state index is 0.148. The number of benzene rings is 1. The molecular formula is C17H19NO3. The maximum Gasteiger partial charge on any atom is 0.255 e. The molecular weight excluding hydrogens is 266 g/mol. The zero-order chi connectivity index (χ0) is 14.4. The number of ether oxygens (including phenoxy) is 1. The van der Waals surface area contributed by atoms with Gasteiger partial charge in [-0.25, -0.2) is 0 Å². The summed E-state index contributed by atoms with van der Waals surface area (Å²) < 4.78 is 5.53. The number of rotatable bonds is 2. The van der Waals surface area contributed by atoms with E-state index in [1.165, 1.54) is 25.7 Å². The first kappa shape index (κ1) is 12.9. The Hall–Kier alpha value is -1.84. The third-order valence-corrected chi connectivity index (χ3v) is 5.11. The third-order valence-electron chi connectivity index (χ3n) is 5.11. The maximum absolute atomic E-state index is 12.7. The van der Waals surface area contributed by atoms with Crippen LogP contribution in [-0.2, 0) is 0 Å². The molecule has 4 heteroatoms. The van der Waals surface area contributed by atoms with Gasteiger partial charge in [-0.05, 0) is 42.9 Å². The van der Waals surface area contributed by atoms with Crippen LogP contribution in [0.1, 0.15) is 46.4 Å². The summed E-state index contributed by atoms with van der Waals surface area (Å²) in [6.45, 7) is 0.975. The van der Waals surface area contributed by atoms with E-state index in [4.69, 9.17) is 4.74 Å². The monoisotopic (exact) mass is 285 g/mol. The smallest absolute Gasteiger partial charge is 0.255 e. The summed E-state index contributed by atoms with van der Waals surface area (Å²) in [7, 11) is 0. The van der Waals surface area contributed by atoms with Crippen molar-refractivity contribution < 1.29 is 14.3 Å². The highest BCUT2D eigenvalue weighted by Crippen LogP contribution is 2.56. The molecule has 1 aromatic carbocycles. The van der Waals surface area contributed by atoms with Gasteiger partial charge in [0.05, 0.1) is 12.1 Å². The lowest BCUT2D eigenvalue weighted by atomic mass is 10.0. The van der Waals surface area contributed by atoms with E-state index in [-0.39, 0.29) is 17.6 Å². The van der Waals surface area contributed by atoms with Gasteiger partial charge in [-0.3, -0.25) is 9.59 Å². The summed E-state index contributed by atoms with van der Waals surface area (Å²) in [5, 5.41) is 2.79. The molecule has 0 saturated heterocycles. The summed E-state index contributed by atoms with van der Waals surface area (Å²) in [5.74, 6) is 2.03. The van der Waals surface area contributed by atoms with E-state index in [1.54, 1.807) is 12.1 Å². The number of carbonyl (C=O) groups is 2. The average Bonchev–Trinajstić information content (AvgIpc) is 3.27. The molecule has 3 aliphatic rings. The number of amides is 1. The van der Waals surface area contributed by atoms with Crippen LogP contribution in [0.25, 0.3) is 0 Å². The molecule has 0 bridgehead atoms. The van der Waals surface area contributed by atoms with Gasteiger partial charge in [0.1, 0.15) is 12.4 Å². The molecule has 1 amide bonds. The highest BCUT2D eigenvalue weighted by molar-refractivity contribution is 6.04. The molecule has 4 nitrogen and oxygen atoms in total. The highest BCUT2D eigenvalue weighted by atomic mass is 16.5. The molecule has 2 fully saturated rings. The molecule has 1 aromatic rings. The number of ketones is 1. The van der Waals surface area contributed by atoms with Crippen molar-refractivity contribution in [2.75, 3.05) is 13.2 Å². The topological polar surface area (TPSA) is 55.4 Å². The minimum atomic E-state index is -0.148. The highest BCUT2D eigenvalue weighted by Gasteiger charge is 2.54. The van der Waals surface area contributed by atoms with Crippen LogP contribution in [0.4, 0.5) is 0 Å². The first-order valence-electron chi connectivity index (χ1n) is 7.85. The number of hydrogen-bond acceptors (Lipinski definition) is 3. The van der Waals surface area contributed by atoms with Crippen molar-refractivity contribution in [3.05, 3.63) is 29.3 Å². The molecule has 2 atom stereocenters.